The number of amides is 2. The summed E-state index contributed by atoms with van der Waals surface area (Å²) in [5, 5.41) is 2.59. The molecule has 0 aliphatic heterocycles. The Hall–Kier alpha value is -2.15. The van der Waals surface area contributed by atoms with E-state index in [4.69, 9.17) is 5.73 Å². The number of nitrogen functional groups attached to an aromatic ring is 1. The van der Waals surface area contributed by atoms with Crippen LogP contribution in [0.2, 0.25) is 0 Å². The Labute approximate surface area is 120 Å². The molecule has 2 amide bonds. The van der Waals surface area contributed by atoms with Crippen molar-refractivity contribution in [2.24, 2.45) is 0 Å². The van der Waals surface area contributed by atoms with Gasteiger partial charge in [0, 0.05) is 19.8 Å². The molecule has 0 unspecified atom stereocenters. The lowest BCUT2D eigenvalue weighted by molar-refractivity contribution is -0.128. The molecule has 0 aliphatic rings. The fourth-order valence-electron chi connectivity index (χ4n) is 1.66. The summed E-state index contributed by atoms with van der Waals surface area (Å²) in [6, 6.07) is 3.65. The lowest BCUT2D eigenvalue weighted by Crippen LogP contribution is -2.37. The predicted octanol–water partition coefficient (Wildman–Crippen LogP) is 1.09. The van der Waals surface area contributed by atoms with Gasteiger partial charge in [0.25, 0.3) is 5.91 Å². The molecule has 3 N–H and O–H groups in total. The molecule has 106 valence electrons. The minimum atomic E-state index is -0.344. The number of carbonyl (C=O) groups is 2. The third-order valence-electron chi connectivity index (χ3n) is 2.99. The van der Waals surface area contributed by atoms with E-state index in [0.29, 0.717) is 22.6 Å². The van der Waals surface area contributed by atoms with Crippen molar-refractivity contribution < 1.29 is 9.59 Å². The molecule has 0 fully saturated rings. The molecular formula is C13H16N4O2S. The fourth-order valence-corrected chi connectivity index (χ4v) is 2.66. The number of nitrogens with zero attached hydrogens (tertiary/aromatic N) is 2. The van der Waals surface area contributed by atoms with E-state index in [9.17, 15) is 9.59 Å². The molecule has 2 rings (SSSR count). The summed E-state index contributed by atoms with van der Waals surface area (Å²) in [4.78, 5) is 29.8. The number of hydrogen-bond donors (Lipinski definition) is 2. The summed E-state index contributed by atoms with van der Waals surface area (Å²) in [7, 11) is 1.69. The SMILES string of the molecule is CCN(C)C(=O)CNC(=O)c1sc2cccnc2c1N. The number of anilines is 1. The van der Waals surface area contributed by atoms with Gasteiger partial charge in [-0.25, -0.2) is 0 Å². The van der Waals surface area contributed by atoms with Crippen molar-refractivity contribution >= 4 is 39.1 Å². The highest BCUT2D eigenvalue weighted by molar-refractivity contribution is 7.21. The van der Waals surface area contributed by atoms with Crippen molar-refractivity contribution in [3.8, 4) is 0 Å². The highest BCUT2D eigenvalue weighted by atomic mass is 32.1. The first kappa shape index (κ1) is 14.3. The second kappa shape index (κ2) is 5.87. The number of thiophene rings is 1. The smallest absolute Gasteiger partial charge is 0.264 e. The number of rotatable bonds is 4. The van der Waals surface area contributed by atoms with Gasteiger partial charge in [-0.1, -0.05) is 0 Å². The Balaban J connectivity index is 2.12. The van der Waals surface area contributed by atoms with Crippen LogP contribution in [0.25, 0.3) is 10.2 Å². The van der Waals surface area contributed by atoms with Gasteiger partial charge >= 0.3 is 0 Å². The van der Waals surface area contributed by atoms with Gasteiger partial charge in [0.15, 0.2) is 0 Å². The first-order valence-electron chi connectivity index (χ1n) is 6.19. The van der Waals surface area contributed by atoms with E-state index in [2.05, 4.69) is 10.3 Å². The zero-order valence-corrected chi connectivity index (χ0v) is 12.2. The van der Waals surface area contributed by atoms with Crippen molar-refractivity contribution in [2.45, 2.75) is 6.92 Å². The van der Waals surface area contributed by atoms with Crippen molar-refractivity contribution in [2.75, 3.05) is 25.9 Å². The third-order valence-corrected chi connectivity index (χ3v) is 4.15. The summed E-state index contributed by atoms with van der Waals surface area (Å²) in [5.41, 5.74) is 6.91. The van der Waals surface area contributed by atoms with Crippen molar-refractivity contribution in [1.82, 2.24) is 15.2 Å². The third kappa shape index (κ3) is 2.72. The summed E-state index contributed by atoms with van der Waals surface area (Å²) < 4.78 is 0.854. The molecular weight excluding hydrogens is 276 g/mol. The first-order valence-corrected chi connectivity index (χ1v) is 7.01. The highest BCUT2D eigenvalue weighted by Crippen LogP contribution is 2.31. The van der Waals surface area contributed by atoms with Crippen LogP contribution in [0.5, 0.6) is 0 Å². The molecule has 7 heteroatoms. The zero-order chi connectivity index (χ0) is 14.7. The minimum absolute atomic E-state index is 0.0374. The Bertz CT molecular complexity index is 653. The summed E-state index contributed by atoms with van der Waals surface area (Å²) in [5.74, 6) is -0.484. The molecule has 2 aromatic rings. The number of aromatic nitrogens is 1. The summed E-state index contributed by atoms with van der Waals surface area (Å²) >= 11 is 1.27. The molecule has 0 radical (unpaired) electrons. The Morgan fingerprint density at radius 3 is 2.90 bits per heavy atom. The van der Waals surface area contributed by atoms with Gasteiger partial charge in [-0.2, -0.15) is 0 Å². The van der Waals surface area contributed by atoms with Gasteiger partial charge < -0.3 is 16.0 Å². The van der Waals surface area contributed by atoms with E-state index in [1.165, 1.54) is 16.2 Å². The molecule has 0 aromatic carbocycles. The van der Waals surface area contributed by atoms with Crippen LogP contribution in [0.3, 0.4) is 0 Å². The second-order valence-electron chi connectivity index (χ2n) is 4.29. The van der Waals surface area contributed by atoms with Crippen molar-refractivity contribution in [3.05, 3.63) is 23.2 Å². The molecule has 2 aromatic heterocycles. The van der Waals surface area contributed by atoms with Crippen LogP contribution in [0.4, 0.5) is 5.69 Å². The highest BCUT2D eigenvalue weighted by Gasteiger charge is 2.18. The Kier molecular flexibility index (Phi) is 4.19. The number of pyridine rings is 1. The van der Waals surface area contributed by atoms with Crippen LogP contribution < -0.4 is 11.1 Å². The normalized spacial score (nSPS) is 10.5. The molecule has 0 saturated carbocycles. The molecule has 0 spiro atoms. The second-order valence-corrected chi connectivity index (χ2v) is 5.34. The van der Waals surface area contributed by atoms with Crippen LogP contribution in [0, 0.1) is 0 Å². The van der Waals surface area contributed by atoms with Crippen LogP contribution in [-0.2, 0) is 4.79 Å². The zero-order valence-electron chi connectivity index (χ0n) is 11.3. The molecule has 0 bridgehead atoms. The Morgan fingerprint density at radius 1 is 1.50 bits per heavy atom. The molecule has 0 aliphatic carbocycles. The average Bonchev–Trinajstić information content (AvgIpc) is 2.81. The Morgan fingerprint density at radius 2 is 2.25 bits per heavy atom. The maximum absolute atomic E-state index is 12.1. The number of carbonyl (C=O) groups excluding carboxylic acids is 2. The van der Waals surface area contributed by atoms with Gasteiger partial charge in [0.05, 0.1) is 16.9 Å². The van der Waals surface area contributed by atoms with E-state index in [-0.39, 0.29) is 18.4 Å². The monoisotopic (exact) mass is 292 g/mol. The van der Waals surface area contributed by atoms with Crippen LogP contribution in [0.15, 0.2) is 18.3 Å². The number of nitrogens with two attached hydrogens (primary N) is 1. The van der Waals surface area contributed by atoms with Gasteiger partial charge in [-0.3, -0.25) is 14.6 Å². The first-order chi connectivity index (χ1) is 9.54. The maximum Gasteiger partial charge on any atom is 0.264 e. The minimum Gasteiger partial charge on any atom is -0.396 e. The predicted molar refractivity (Wildman–Crippen MR) is 79.7 cm³/mol. The van der Waals surface area contributed by atoms with Crippen LogP contribution >= 0.6 is 11.3 Å². The quantitative estimate of drug-likeness (QED) is 0.883. The number of hydrogen-bond acceptors (Lipinski definition) is 5. The van der Waals surface area contributed by atoms with Gasteiger partial charge in [-0.05, 0) is 19.1 Å². The van der Waals surface area contributed by atoms with E-state index >= 15 is 0 Å². The molecule has 0 saturated heterocycles. The molecule has 6 nitrogen and oxygen atoms in total. The van der Waals surface area contributed by atoms with Crippen LogP contribution in [0.1, 0.15) is 16.6 Å². The van der Waals surface area contributed by atoms with Gasteiger partial charge in [-0.15, -0.1) is 11.3 Å². The van der Waals surface area contributed by atoms with Crippen LogP contribution in [-0.4, -0.2) is 41.8 Å². The van der Waals surface area contributed by atoms with E-state index in [0.717, 1.165) is 4.70 Å². The number of likely N-dealkylation sites (N-methyl/N-ethyl adjacent to an activating group) is 1. The lowest BCUT2D eigenvalue weighted by atomic mass is 10.3. The van der Waals surface area contributed by atoms with E-state index < -0.39 is 0 Å². The maximum atomic E-state index is 12.1. The number of fused-ring (bicyclic) bond motifs is 1. The van der Waals surface area contributed by atoms with Crippen molar-refractivity contribution in [3.63, 3.8) is 0 Å². The standard InChI is InChI=1S/C13H16N4O2S/c1-3-17(2)9(18)7-16-13(19)12-10(14)11-8(20-12)5-4-6-15-11/h4-6H,3,7,14H2,1-2H3,(H,16,19). The van der Waals surface area contributed by atoms with E-state index in [1.54, 1.807) is 19.3 Å². The fraction of sp³-hybridized carbons (Fsp3) is 0.308. The topological polar surface area (TPSA) is 88.3 Å². The van der Waals surface area contributed by atoms with Gasteiger partial charge in [0.1, 0.15) is 10.4 Å². The summed E-state index contributed by atoms with van der Waals surface area (Å²) in [6.07, 6.45) is 1.63. The average molecular weight is 292 g/mol. The molecule has 20 heavy (non-hydrogen) atoms. The number of nitrogens with one attached hydrogen (secondary N) is 1. The van der Waals surface area contributed by atoms with E-state index in [1.807, 2.05) is 13.0 Å². The van der Waals surface area contributed by atoms with Crippen molar-refractivity contribution in [1.29, 1.82) is 0 Å². The lowest BCUT2D eigenvalue weighted by Gasteiger charge is -2.14. The largest absolute Gasteiger partial charge is 0.396 e. The molecule has 0 atom stereocenters. The summed E-state index contributed by atoms with van der Waals surface area (Å²) in [6.45, 7) is 2.43. The molecule has 2 heterocycles. The van der Waals surface area contributed by atoms with Gasteiger partial charge in [0.2, 0.25) is 5.91 Å².